The van der Waals surface area contributed by atoms with E-state index in [4.69, 9.17) is 4.74 Å². The summed E-state index contributed by atoms with van der Waals surface area (Å²) >= 11 is 0. The highest BCUT2D eigenvalue weighted by atomic mass is 32.2. The van der Waals surface area contributed by atoms with E-state index < -0.39 is 21.1 Å². The Balaban J connectivity index is 4.26. The van der Waals surface area contributed by atoms with Crippen LogP contribution in [0.5, 0.6) is 0 Å². The Bertz CT molecular complexity index is 255. The fourth-order valence-electron chi connectivity index (χ4n) is 0.717. The van der Waals surface area contributed by atoms with Crippen molar-refractivity contribution in [1.29, 1.82) is 0 Å². The summed E-state index contributed by atoms with van der Waals surface area (Å²) in [6.07, 6.45) is 0.699. The van der Waals surface area contributed by atoms with Gasteiger partial charge in [-0.25, -0.2) is 8.42 Å². The molecule has 0 saturated carbocycles. The molecule has 5 heteroatoms. The maximum absolute atomic E-state index is 11.2. The Morgan fingerprint density at radius 2 is 1.92 bits per heavy atom. The molecule has 0 heterocycles. The Hall–Kier alpha value is -0.580. The minimum absolute atomic E-state index is 0.0323. The van der Waals surface area contributed by atoms with Gasteiger partial charge < -0.3 is 4.74 Å². The molecule has 78 valence electrons. The zero-order valence-electron chi connectivity index (χ0n) is 8.24. The van der Waals surface area contributed by atoms with E-state index in [1.807, 2.05) is 6.92 Å². The predicted octanol–water partition coefficient (Wildman–Crippen LogP) is 0.763. The van der Waals surface area contributed by atoms with Crippen LogP contribution in [0, 0.1) is 0 Å². The van der Waals surface area contributed by atoms with Gasteiger partial charge in [0.15, 0.2) is 15.1 Å². The topological polar surface area (TPSA) is 60.4 Å². The van der Waals surface area contributed by atoms with Gasteiger partial charge in [-0.3, -0.25) is 4.79 Å². The van der Waals surface area contributed by atoms with Crippen LogP contribution in [0.15, 0.2) is 0 Å². The standard InChI is InChI=1S/C8H16O4S/c1-4-6-12-8(9)7(3)13(10,11)5-2/h7H,4-6H2,1-3H3. The normalized spacial score (nSPS) is 13.8. The highest BCUT2D eigenvalue weighted by Crippen LogP contribution is 2.04. The SMILES string of the molecule is CCCOC(=O)C(C)S(=O)(=O)CC. The molecule has 0 aliphatic heterocycles. The van der Waals surface area contributed by atoms with Crippen molar-refractivity contribution in [3.63, 3.8) is 0 Å². The summed E-state index contributed by atoms with van der Waals surface area (Å²) in [4.78, 5) is 11.1. The maximum Gasteiger partial charge on any atom is 0.324 e. The van der Waals surface area contributed by atoms with Crippen molar-refractivity contribution in [3.05, 3.63) is 0 Å². The second kappa shape index (κ2) is 5.21. The van der Waals surface area contributed by atoms with Gasteiger partial charge in [0.2, 0.25) is 0 Å². The predicted molar refractivity (Wildman–Crippen MR) is 50.2 cm³/mol. The first-order valence-corrected chi connectivity index (χ1v) is 6.05. The molecule has 0 aromatic carbocycles. The van der Waals surface area contributed by atoms with Crippen LogP contribution in [0.2, 0.25) is 0 Å². The van der Waals surface area contributed by atoms with E-state index in [9.17, 15) is 13.2 Å². The third-order valence-electron chi connectivity index (χ3n) is 1.72. The van der Waals surface area contributed by atoms with Crippen molar-refractivity contribution >= 4 is 15.8 Å². The number of ether oxygens (including phenoxy) is 1. The first-order valence-electron chi connectivity index (χ1n) is 4.33. The molecule has 0 N–H and O–H groups in total. The quantitative estimate of drug-likeness (QED) is 0.626. The van der Waals surface area contributed by atoms with Crippen LogP contribution >= 0.6 is 0 Å². The second-order valence-corrected chi connectivity index (χ2v) is 5.37. The Labute approximate surface area is 79.2 Å². The first-order chi connectivity index (χ1) is 5.95. The van der Waals surface area contributed by atoms with Crippen LogP contribution < -0.4 is 0 Å². The molecule has 0 spiro atoms. The zero-order valence-corrected chi connectivity index (χ0v) is 9.06. The molecule has 0 rings (SSSR count). The molecule has 13 heavy (non-hydrogen) atoms. The van der Waals surface area contributed by atoms with Crippen molar-refractivity contribution in [2.45, 2.75) is 32.4 Å². The van der Waals surface area contributed by atoms with Crippen LogP contribution in [-0.2, 0) is 19.4 Å². The number of carbonyl (C=O) groups excluding carboxylic acids is 1. The number of sulfone groups is 1. The Morgan fingerprint density at radius 1 is 1.38 bits per heavy atom. The Morgan fingerprint density at radius 3 is 2.31 bits per heavy atom. The summed E-state index contributed by atoms with van der Waals surface area (Å²) in [5.74, 6) is -0.682. The van der Waals surface area contributed by atoms with Crippen LogP contribution in [0.3, 0.4) is 0 Å². The van der Waals surface area contributed by atoms with Gasteiger partial charge in [0, 0.05) is 5.75 Å². The minimum atomic E-state index is -3.30. The molecule has 0 bridgehead atoms. The summed E-state index contributed by atoms with van der Waals surface area (Å²) in [5.41, 5.74) is 0. The number of hydrogen-bond donors (Lipinski definition) is 0. The van der Waals surface area contributed by atoms with Gasteiger partial charge in [-0.15, -0.1) is 0 Å². The molecule has 4 nitrogen and oxygen atoms in total. The van der Waals surface area contributed by atoms with Gasteiger partial charge in [0.05, 0.1) is 6.61 Å². The molecule has 1 unspecified atom stereocenters. The summed E-state index contributed by atoms with van der Waals surface area (Å²) in [7, 11) is -3.30. The molecule has 0 amide bonds. The number of hydrogen-bond acceptors (Lipinski definition) is 4. The molecular weight excluding hydrogens is 192 g/mol. The number of esters is 1. The summed E-state index contributed by atoms with van der Waals surface area (Å²) in [5, 5.41) is -1.04. The van der Waals surface area contributed by atoms with E-state index >= 15 is 0 Å². The molecule has 0 radical (unpaired) electrons. The van der Waals surface area contributed by atoms with Crippen LogP contribution in [0.25, 0.3) is 0 Å². The second-order valence-electron chi connectivity index (χ2n) is 2.76. The molecule has 0 saturated heterocycles. The molecule has 1 atom stereocenters. The van der Waals surface area contributed by atoms with Crippen LogP contribution in [-0.4, -0.2) is 32.0 Å². The van der Waals surface area contributed by atoms with Crippen molar-refractivity contribution < 1.29 is 17.9 Å². The number of rotatable bonds is 5. The molecule has 0 aliphatic carbocycles. The average molecular weight is 208 g/mol. The van der Waals surface area contributed by atoms with E-state index in [0.29, 0.717) is 6.42 Å². The van der Waals surface area contributed by atoms with Gasteiger partial charge in [-0.05, 0) is 13.3 Å². The highest BCUT2D eigenvalue weighted by Gasteiger charge is 2.27. The first kappa shape index (κ1) is 12.4. The number of carbonyl (C=O) groups is 1. The van der Waals surface area contributed by atoms with Gasteiger partial charge >= 0.3 is 5.97 Å². The third-order valence-corrected chi connectivity index (χ3v) is 3.80. The molecule has 0 aromatic heterocycles. The summed E-state index contributed by atoms with van der Waals surface area (Å²) in [6, 6.07) is 0. The van der Waals surface area contributed by atoms with E-state index in [1.54, 1.807) is 0 Å². The largest absolute Gasteiger partial charge is 0.465 e. The van der Waals surface area contributed by atoms with E-state index in [0.717, 1.165) is 0 Å². The lowest BCUT2D eigenvalue weighted by atomic mass is 10.5. The van der Waals surface area contributed by atoms with E-state index in [1.165, 1.54) is 13.8 Å². The van der Waals surface area contributed by atoms with Crippen molar-refractivity contribution in [1.82, 2.24) is 0 Å². The molecule has 0 fully saturated rings. The van der Waals surface area contributed by atoms with Crippen molar-refractivity contribution in [3.8, 4) is 0 Å². The minimum Gasteiger partial charge on any atom is -0.465 e. The third kappa shape index (κ3) is 3.76. The van der Waals surface area contributed by atoms with Gasteiger partial charge in [0.1, 0.15) is 0 Å². The van der Waals surface area contributed by atoms with Gasteiger partial charge in [0.25, 0.3) is 0 Å². The lowest BCUT2D eigenvalue weighted by molar-refractivity contribution is -0.142. The highest BCUT2D eigenvalue weighted by molar-refractivity contribution is 7.92. The lowest BCUT2D eigenvalue weighted by Crippen LogP contribution is -2.30. The van der Waals surface area contributed by atoms with E-state index in [-0.39, 0.29) is 12.4 Å². The Kier molecular flexibility index (Phi) is 4.98. The summed E-state index contributed by atoms with van der Waals surface area (Å²) in [6.45, 7) is 5.00. The van der Waals surface area contributed by atoms with Gasteiger partial charge in [-0.1, -0.05) is 13.8 Å². The maximum atomic E-state index is 11.2. The van der Waals surface area contributed by atoms with Crippen molar-refractivity contribution in [2.75, 3.05) is 12.4 Å². The zero-order chi connectivity index (χ0) is 10.5. The monoisotopic (exact) mass is 208 g/mol. The lowest BCUT2D eigenvalue weighted by Gasteiger charge is -2.10. The molecular formula is C8H16O4S. The smallest absolute Gasteiger partial charge is 0.324 e. The van der Waals surface area contributed by atoms with Crippen molar-refractivity contribution in [2.24, 2.45) is 0 Å². The van der Waals surface area contributed by atoms with Crippen LogP contribution in [0.4, 0.5) is 0 Å². The van der Waals surface area contributed by atoms with Crippen LogP contribution in [0.1, 0.15) is 27.2 Å². The fraction of sp³-hybridized carbons (Fsp3) is 0.875. The molecule has 0 aliphatic rings. The average Bonchev–Trinajstić information content (AvgIpc) is 2.12. The fourth-order valence-corrected chi connectivity index (χ4v) is 1.58. The van der Waals surface area contributed by atoms with E-state index in [2.05, 4.69) is 0 Å². The summed E-state index contributed by atoms with van der Waals surface area (Å²) < 4.78 is 27.1. The molecule has 0 aromatic rings. The van der Waals surface area contributed by atoms with Gasteiger partial charge in [-0.2, -0.15) is 0 Å².